The fourth-order valence-corrected chi connectivity index (χ4v) is 3.45. The Bertz CT molecular complexity index is 732. The summed E-state index contributed by atoms with van der Waals surface area (Å²) in [7, 11) is 0. The van der Waals surface area contributed by atoms with Crippen molar-refractivity contribution in [2.45, 2.75) is 25.0 Å². The number of thiophene rings is 1. The van der Waals surface area contributed by atoms with Crippen LogP contribution in [0.2, 0.25) is 4.34 Å². The van der Waals surface area contributed by atoms with Gasteiger partial charge in [0.15, 0.2) is 0 Å². The monoisotopic (exact) mass is 364 g/mol. The van der Waals surface area contributed by atoms with Crippen LogP contribution in [0.1, 0.15) is 29.4 Å². The van der Waals surface area contributed by atoms with E-state index in [1.165, 1.54) is 11.3 Å². The van der Waals surface area contributed by atoms with Crippen molar-refractivity contribution in [2.75, 3.05) is 6.54 Å². The largest absolute Gasteiger partial charge is 0.388 e. The van der Waals surface area contributed by atoms with Gasteiger partial charge in [0.05, 0.1) is 15.3 Å². The number of nitrogens with one attached hydrogen (secondary N) is 1. The lowest BCUT2D eigenvalue weighted by Gasteiger charge is -2.13. The van der Waals surface area contributed by atoms with E-state index < -0.39 is 12.2 Å². The maximum absolute atomic E-state index is 12.1. The first-order valence-electron chi connectivity index (χ1n) is 7.62. The lowest BCUT2D eigenvalue weighted by atomic mass is 10.1. The molecule has 2 heterocycles. The van der Waals surface area contributed by atoms with Crippen molar-refractivity contribution in [1.82, 2.24) is 5.32 Å². The molecular formula is C17H17ClN2O3S. The molecule has 7 heteroatoms. The minimum Gasteiger partial charge on any atom is -0.388 e. The van der Waals surface area contributed by atoms with Gasteiger partial charge in [0.25, 0.3) is 5.91 Å². The Balaban J connectivity index is 1.43. The molecule has 0 saturated heterocycles. The minimum absolute atomic E-state index is 0.225. The number of aliphatic hydroxyl groups excluding tert-OH is 1. The van der Waals surface area contributed by atoms with Gasteiger partial charge in [-0.05, 0) is 24.1 Å². The number of aliphatic hydroxyl groups is 1. The highest BCUT2D eigenvalue weighted by atomic mass is 35.5. The molecule has 3 rings (SSSR count). The number of hydrogen-bond acceptors (Lipinski definition) is 5. The van der Waals surface area contributed by atoms with Gasteiger partial charge in [0.2, 0.25) is 6.10 Å². The van der Waals surface area contributed by atoms with Gasteiger partial charge in [-0.15, -0.1) is 11.3 Å². The average Bonchev–Trinajstić information content (AvgIpc) is 3.24. The second-order valence-electron chi connectivity index (χ2n) is 5.45. The molecule has 2 aromatic rings. The molecule has 0 fully saturated rings. The number of carbonyl (C=O) groups is 1. The number of benzene rings is 1. The summed E-state index contributed by atoms with van der Waals surface area (Å²) >= 11 is 7.31. The van der Waals surface area contributed by atoms with Gasteiger partial charge in [-0.25, -0.2) is 0 Å². The van der Waals surface area contributed by atoms with E-state index in [0.717, 1.165) is 16.2 Å². The second-order valence-corrected chi connectivity index (χ2v) is 7.16. The van der Waals surface area contributed by atoms with E-state index in [1.807, 2.05) is 36.4 Å². The minimum atomic E-state index is -0.630. The fraction of sp³-hybridized carbons (Fsp3) is 0.294. The molecule has 0 spiro atoms. The van der Waals surface area contributed by atoms with E-state index in [2.05, 4.69) is 10.5 Å². The Kier molecular flexibility index (Phi) is 5.50. The van der Waals surface area contributed by atoms with Gasteiger partial charge in [-0.3, -0.25) is 4.79 Å². The number of amides is 1. The number of oxime groups is 1. The zero-order valence-corrected chi connectivity index (χ0v) is 14.4. The zero-order valence-electron chi connectivity index (χ0n) is 12.8. The Morgan fingerprint density at radius 2 is 2.17 bits per heavy atom. The van der Waals surface area contributed by atoms with Crippen LogP contribution in [-0.4, -0.2) is 29.4 Å². The molecule has 5 nitrogen and oxygen atoms in total. The van der Waals surface area contributed by atoms with Gasteiger partial charge >= 0.3 is 0 Å². The summed E-state index contributed by atoms with van der Waals surface area (Å²) in [6.45, 7) is 0.370. The van der Waals surface area contributed by atoms with Crippen molar-refractivity contribution in [1.29, 1.82) is 0 Å². The van der Waals surface area contributed by atoms with Crippen LogP contribution in [0.4, 0.5) is 0 Å². The molecule has 1 amide bonds. The van der Waals surface area contributed by atoms with E-state index in [1.54, 1.807) is 6.07 Å². The SMILES string of the molecule is O=C(NCC[C@@H](O)c1ccccc1)[C@H]1CC(c2ccc(Cl)s2)=NO1. The maximum Gasteiger partial charge on any atom is 0.264 e. The second kappa shape index (κ2) is 7.79. The summed E-state index contributed by atoms with van der Waals surface area (Å²) < 4.78 is 0.676. The van der Waals surface area contributed by atoms with Crippen molar-refractivity contribution in [3.63, 3.8) is 0 Å². The molecule has 0 unspecified atom stereocenters. The van der Waals surface area contributed by atoms with Crippen LogP contribution in [0.25, 0.3) is 0 Å². The van der Waals surface area contributed by atoms with Crippen LogP contribution in [0.3, 0.4) is 0 Å². The lowest BCUT2D eigenvalue weighted by molar-refractivity contribution is -0.131. The van der Waals surface area contributed by atoms with E-state index in [-0.39, 0.29) is 5.91 Å². The molecule has 24 heavy (non-hydrogen) atoms. The van der Waals surface area contributed by atoms with Crippen LogP contribution < -0.4 is 5.32 Å². The number of carbonyl (C=O) groups excluding carboxylic acids is 1. The fourth-order valence-electron chi connectivity index (χ4n) is 2.42. The van der Waals surface area contributed by atoms with Crippen molar-refractivity contribution >= 4 is 34.6 Å². The molecule has 0 bridgehead atoms. The van der Waals surface area contributed by atoms with Crippen LogP contribution in [0, 0.1) is 0 Å². The highest BCUT2D eigenvalue weighted by molar-refractivity contribution is 7.18. The Morgan fingerprint density at radius 3 is 2.88 bits per heavy atom. The van der Waals surface area contributed by atoms with Gasteiger partial charge < -0.3 is 15.3 Å². The first-order chi connectivity index (χ1) is 11.6. The summed E-state index contributed by atoms with van der Waals surface area (Å²) in [6, 6.07) is 13.0. The molecule has 0 aliphatic carbocycles. The predicted molar refractivity (Wildman–Crippen MR) is 94.4 cm³/mol. The molecule has 0 radical (unpaired) electrons. The molecule has 126 valence electrons. The van der Waals surface area contributed by atoms with E-state index >= 15 is 0 Å². The third-order valence-electron chi connectivity index (χ3n) is 3.72. The Hall–Kier alpha value is -1.89. The lowest BCUT2D eigenvalue weighted by Crippen LogP contribution is -2.35. The smallest absolute Gasteiger partial charge is 0.264 e. The summed E-state index contributed by atoms with van der Waals surface area (Å²) in [5.74, 6) is -0.225. The van der Waals surface area contributed by atoms with Gasteiger partial charge in [0.1, 0.15) is 5.71 Å². The van der Waals surface area contributed by atoms with Crippen LogP contribution in [0.15, 0.2) is 47.6 Å². The van der Waals surface area contributed by atoms with Crippen molar-refractivity contribution in [3.05, 3.63) is 57.2 Å². The van der Waals surface area contributed by atoms with E-state index in [9.17, 15) is 9.90 Å². The first kappa shape index (κ1) is 17.0. The highest BCUT2D eigenvalue weighted by Gasteiger charge is 2.29. The standard InChI is InChI=1S/C17H17ClN2O3S/c18-16-7-6-15(24-16)12-10-14(23-20-12)17(22)19-9-8-13(21)11-4-2-1-3-5-11/h1-7,13-14,21H,8-10H2,(H,19,22)/t13-,14-/m1/s1. The number of nitrogens with zero attached hydrogens (tertiary/aromatic N) is 1. The third kappa shape index (κ3) is 4.14. The molecule has 1 aromatic heterocycles. The predicted octanol–water partition coefficient (Wildman–Crippen LogP) is 3.13. The summed E-state index contributed by atoms with van der Waals surface area (Å²) in [5.41, 5.74) is 1.57. The number of hydrogen-bond donors (Lipinski definition) is 2. The van der Waals surface area contributed by atoms with Gasteiger partial charge in [-0.2, -0.15) is 0 Å². The molecular weight excluding hydrogens is 348 g/mol. The summed E-state index contributed by atoms with van der Waals surface area (Å²) in [4.78, 5) is 18.3. The number of rotatable bonds is 6. The van der Waals surface area contributed by atoms with Crippen molar-refractivity contribution in [3.8, 4) is 0 Å². The van der Waals surface area contributed by atoms with Gasteiger partial charge in [0, 0.05) is 13.0 Å². The van der Waals surface area contributed by atoms with E-state index in [0.29, 0.717) is 23.7 Å². The van der Waals surface area contributed by atoms with Crippen LogP contribution >= 0.6 is 22.9 Å². The molecule has 0 saturated carbocycles. The Morgan fingerprint density at radius 1 is 1.38 bits per heavy atom. The van der Waals surface area contributed by atoms with Crippen molar-refractivity contribution < 1.29 is 14.7 Å². The maximum atomic E-state index is 12.1. The normalized spacial score (nSPS) is 17.9. The third-order valence-corrected chi connectivity index (χ3v) is 5.00. The molecule has 1 aliphatic rings. The highest BCUT2D eigenvalue weighted by Crippen LogP contribution is 2.26. The molecule has 2 N–H and O–H groups in total. The Labute approximate surface area is 148 Å². The molecule has 2 atom stereocenters. The zero-order chi connectivity index (χ0) is 16.9. The summed E-state index contributed by atoms with van der Waals surface area (Å²) in [5, 5.41) is 16.8. The molecule has 1 aromatic carbocycles. The first-order valence-corrected chi connectivity index (χ1v) is 8.82. The topological polar surface area (TPSA) is 70.9 Å². The summed E-state index contributed by atoms with van der Waals surface area (Å²) in [6.07, 6.45) is -0.369. The van der Waals surface area contributed by atoms with Crippen LogP contribution in [-0.2, 0) is 9.63 Å². The quantitative estimate of drug-likeness (QED) is 0.827. The molecule has 1 aliphatic heterocycles. The van der Waals surface area contributed by atoms with Crippen molar-refractivity contribution in [2.24, 2.45) is 5.16 Å². The van der Waals surface area contributed by atoms with Gasteiger partial charge in [-0.1, -0.05) is 47.1 Å². The average molecular weight is 365 g/mol. The van der Waals surface area contributed by atoms with E-state index in [4.69, 9.17) is 16.4 Å². The number of halogens is 1. The van der Waals surface area contributed by atoms with Crippen LogP contribution in [0.5, 0.6) is 0 Å².